The molecular formula is C22H31N3O2. The van der Waals surface area contributed by atoms with E-state index in [2.05, 4.69) is 0 Å². The van der Waals surface area contributed by atoms with Crippen molar-refractivity contribution in [2.45, 2.75) is 44.6 Å². The molecule has 1 aliphatic heterocycles. The SMILES string of the molecule is NC1C2CCCC1CC(C(=O)N1CCCN(C(=O)c3ccccc3)CC1)C2. The van der Waals surface area contributed by atoms with Gasteiger partial charge in [0.2, 0.25) is 5.91 Å². The highest BCUT2D eigenvalue weighted by Crippen LogP contribution is 2.42. The number of carbonyl (C=O) groups excluding carboxylic acids is 2. The summed E-state index contributed by atoms with van der Waals surface area (Å²) < 4.78 is 0. The van der Waals surface area contributed by atoms with Gasteiger partial charge in [-0.1, -0.05) is 24.6 Å². The average Bonchev–Trinajstić information content (AvgIpc) is 2.93. The van der Waals surface area contributed by atoms with Crippen LogP contribution in [0, 0.1) is 17.8 Å². The van der Waals surface area contributed by atoms with Crippen LogP contribution >= 0.6 is 0 Å². The summed E-state index contributed by atoms with van der Waals surface area (Å²) in [5, 5.41) is 0. The molecule has 3 fully saturated rings. The third-order valence-corrected chi connectivity index (χ3v) is 6.88. The molecular weight excluding hydrogens is 338 g/mol. The van der Waals surface area contributed by atoms with Crippen LogP contribution < -0.4 is 5.73 Å². The minimum atomic E-state index is 0.0723. The van der Waals surface area contributed by atoms with Gasteiger partial charge in [0.25, 0.3) is 5.91 Å². The van der Waals surface area contributed by atoms with Crippen LogP contribution in [0.4, 0.5) is 0 Å². The lowest BCUT2D eigenvalue weighted by Gasteiger charge is -2.44. The highest BCUT2D eigenvalue weighted by molar-refractivity contribution is 5.94. The first-order chi connectivity index (χ1) is 13.1. The molecule has 2 unspecified atom stereocenters. The summed E-state index contributed by atoms with van der Waals surface area (Å²) in [6.07, 6.45) is 6.40. The molecule has 5 heteroatoms. The summed E-state index contributed by atoms with van der Waals surface area (Å²) in [7, 11) is 0. The number of carbonyl (C=O) groups is 2. The molecule has 27 heavy (non-hydrogen) atoms. The minimum absolute atomic E-state index is 0.0723. The summed E-state index contributed by atoms with van der Waals surface area (Å²) >= 11 is 0. The normalized spacial score (nSPS) is 31.3. The smallest absolute Gasteiger partial charge is 0.253 e. The van der Waals surface area contributed by atoms with Crippen LogP contribution in [0.5, 0.6) is 0 Å². The molecule has 3 aliphatic rings. The van der Waals surface area contributed by atoms with Gasteiger partial charge in [0.1, 0.15) is 0 Å². The lowest BCUT2D eigenvalue weighted by molar-refractivity contribution is -0.138. The van der Waals surface area contributed by atoms with Gasteiger partial charge in [-0.3, -0.25) is 9.59 Å². The van der Waals surface area contributed by atoms with Crippen molar-refractivity contribution in [2.24, 2.45) is 23.5 Å². The number of fused-ring (bicyclic) bond motifs is 2. The first kappa shape index (κ1) is 18.5. The molecule has 146 valence electrons. The molecule has 2 N–H and O–H groups in total. The van der Waals surface area contributed by atoms with Gasteiger partial charge in [-0.15, -0.1) is 0 Å². The number of benzene rings is 1. The second-order valence-corrected chi connectivity index (χ2v) is 8.53. The zero-order valence-electron chi connectivity index (χ0n) is 16.1. The van der Waals surface area contributed by atoms with Gasteiger partial charge in [-0.2, -0.15) is 0 Å². The first-order valence-electron chi connectivity index (χ1n) is 10.5. The number of hydrogen-bond acceptors (Lipinski definition) is 3. The molecule has 1 heterocycles. The van der Waals surface area contributed by atoms with E-state index in [0.717, 1.165) is 37.9 Å². The largest absolute Gasteiger partial charge is 0.341 e. The third-order valence-electron chi connectivity index (χ3n) is 6.88. The molecule has 2 atom stereocenters. The van der Waals surface area contributed by atoms with E-state index >= 15 is 0 Å². The lowest BCUT2D eigenvalue weighted by Crippen LogP contribution is -2.50. The molecule has 1 aromatic rings. The van der Waals surface area contributed by atoms with E-state index in [1.165, 1.54) is 19.3 Å². The lowest BCUT2D eigenvalue weighted by atomic mass is 9.65. The molecule has 0 radical (unpaired) electrons. The van der Waals surface area contributed by atoms with E-state index < -0.39 is 0 Å². The highest BCUT2D eigenvalue weighted by Gasteiger charge is 2.41. The fraction of sp³-hybridized carbons (Fsp3) is 0.636. The molecule has 4 rings (SSSR count). The Balaban J connectivity index is 1.37. The second kappa shape index (κ2) is 8.01. The van der Waals surface area contributed by atoms with Crippen molar-refractivity contribution in [1.82, 2.24) is 9.80 Å². The summed E-state index contributed by atoms with van der Waals surface area (Å²) in [6.45, 7) is 2.75. The predicted molar refractivity (Wildman–Crippen MR) is 105 cm³/mol. The van der Waals surface area contributed by atoms with Gasteiger partial charge in [-0.25, -0.2) is 0 Å². The number of hydrogen-bond donors (Lipinski definition) is 1. The zero-order valence-corrected chi connectivity index (χ0v) is 16.1. The number of nitrogens with two attached hydrogens (primary N) is 1. The minimum Gasteiger partial charge on any atom is -0.341 e. The van der Waals surface area contributed by atoms with Crippen LogP contribution in [0.2, 0.25) is 0 Å². The van der Waals surface area contributed by atoms with Crippen LogP contribution in [0.15, 0.2) is 30.3 Å². The Morgan fingerprint density at radius 2 is 1.48 bits per heavy atom. The Hall–Kier alpha value is -1.88. The van der Waals surface area contributed by atoms with Crippen molar-refractivity contribution in [3.63, 3.8) is 0 Å². The van der Waals surface area contributed by atoms with Crippen LogP contribution in [0.25, 0.3) is 0 Å². The fourth-order valence-electron chi connectivity index (χ4n) is 5.35. The van der Waals surface area contributed by atoms with Crippen molar-refractivity contribution < 1.29 is 9.59 Å². The van der Waals surface area contributed by atoms with Crippen LogP contribution in [-0.2, 0) is 4.79 Å². The van der Waals surface area contributed by atoms with Gasteiger partial charge in [0, 0.05) is 43.7 Å². The first-order valence-corrected chi connectivity index (χ1v) is 10.5. The Labute approximate surface area is 161 Å². The average molecular weight is 370 g/mol. The topological polar surface area (TPSA) is 66.6 Å². The second-order valence-electron chi connectivity index (χ2n) is 8.53. The number of rotatable bonds is 2. The molecule has 2 aliphatic carbocycles. The Kier molecular flexibility index (Phi) is 5.48. The zero-order chi connectivity index (χ0) is 18.8. The predicted octanol–water partition coefficient (Wildman–Crippen LogP) is 2.51. The van der Waals surface area contributed by atoms with Crippen molar-refractivity contribution in [3.8, 4) is 0 Å². The highest BCUT2D eigenvalue weighted by atomic mass is 16.2. The third kappa shape index (κ3) is 3.88. The van der Waals surface area contributed by atoms with Gasteiger partial charge in [0.05, 0.1) is 0 Å². The summed E-state index contributed by atoms with van der Waals surface area (Å²) in [4.78, 5) is 29.8. The number of nitrogens with zero attached hydrogens (tertiary/aromatic N) is 2. The maximum absolute atomic E-state index is 13.2. The number of amides is 2. The van der Waals surface area contributed by atoms with Crippen molar-refractivity contribution in [2.75, 3.05) is 26.2 Å². The van der Waals surface area contributed by atoms with E-state index in [1.54, 1.807) is 0 Å². The van der Waals surface area contributed by atoms with Crippen LogP contribution in [0.3, 0.4) is 0 Å². The monoisotopic (exact) mass is 369 g/mol. The van der Waals surface area contributed by atoms with E-state index in [9.17, 15) is 9.59 Å². The standard InChI is InChI=1S/C22H31N3O2/c23-20-17-8-4-9-18(20)15-19(14-17)22(27)25-11-5-10-24(12-13-25)21(26)16-6-2-1-3-7-16/h1-3,6-7,17-20H,4-5,8-15,23H2. The maximum Gasteiger partial charge on any atom is 0.253 e. The Morgan fingerprint density at radius 3 is 2.19 bits per heavy atom. The molecule has 2 amide bonds. The van der Waals surface area contributed by atoms with Gasteiger partial charge < -0.3 is 15.5 Å². The molecule has 2 bridgehead atoms. The van der Waals surface area contributed by atoms with Gasteiger partial charge in [0.15, 0.2) is 0 Å². The van der Waals surface area contributed by atoms with Crippen molar-refractivity contribution in [1.29, 1.82) is 0 Å². The van der Waals surface area contributed by atoms with E-state index in [-0.39, 0.29) is 11.8 Å². The molecule has 2 saturated carbocycles. The molecule has 0 spiro atoms. The van der Waals surface area contributed by atoms with E-state index in [0.29, 0.717) is 36.9 Å². The van der Waals surface area contributed by atoms with Gasteiger partial charge in [-0.05, 0) is 56.1 Å². The maximum atomic E-state index is 13.2. The Bertz CT molecular complexity index is 663. The molecule has 1 aromatic carbocycles. The fourth-order valence-corrected chi connectivity index (χ4v) is 5.35. The van der Waals surface area contributed by atoms with E-state index in [4.69, 9.17) is 5.73 Å². The quantitative estimate of drug-likeness (QED) is 0.871. The summed E-state index contributed by atoms with van der Waals surface area (Å²) in [6, 6.07) is 9.73. The molecule has 5 nitrogen and oxygen atoms in total. The van der Waals surface area contributed by atoms with Crippen molar-refractivity contribution in [3.05, 3.63) is 35.9 Å². The van der Waals surface area contributed by atoms with Crippen LogP contribution in [-0.4, -0.2) is 53.8 Å². The summed E-state index contributed by atoms with van der Waals surface area (Å²) in [5.41, 5.74) is 7.12. The summed E-state index contributed by atoms with van der Waals surface area (Å²) in [5.74, 6) is 1.55. The Morgan fingerprint density at radius 1 is 0.852 bits per heavy atom. The molecule has 1 saturated heterocycles. The van der Waals surface area contributed by atoms with E-state index in [1.807, 2.05) is 40.1 Å². The van der Waals surface area contributed by atoms with Crippen LogP contribution in [0.1, 0.15) is 48.9 Å². The van der Waals surface area contributed by atoms with Crippen molar-refractivity contribution >= 4 is 11.8 Å². The molecule has 0 aromatic heterocycles. The van der Waals surface area contributed by atoms with Gasteiger partial charge >= 0.3 is 0 Å².